The van der Waals surface area contributed by atoms with Gasteiger partial charge < -0.3 is 0 Å². The highest BCUT2D eigenvalue weighted by molar-refractivity contribution is 7.94. The topological polar surface area (TPSA) is 34.1 Å². The number of rotatable bonds is 4. The van der Waals surface area contributed by atoms with Crippen LogP contribution in [0, 0.1) is 5.82 Å². The van der Waals surface area contributed by atoms with E-state index in [0.717, 1.165) is 41.8 Å². The van der Waals surface area contributed by atoms with E-state index >= 15 is 0 Å². The smallest absolute Gasteiger partial charge is 0.199 e. The third-order valence-electron chi connectivity index (χ3n) is 2.01. The van der Waals surface area contributed by atoms with Gasteiger partial charge in [-0.15, -0.1) is 0 Å². The minimum atomic E-state index is -3.64. The fourth-order valence-corrected chi connectivity index (χ4v) is 2.03. The highest BCUT2D eigenvalue weighted by atomic mass is 32.2. The number of hydrogen-bond donors (Lipinski definition) is 0. The second kappa shape index (κ2) is 5.72. The summed E-state index contributed by atoms with van der Waals surface area (Å²) in [6, 6.07) is 4.44. The maximum absolute atomic E-state index is 12.7. The predicted molar refractivity (Wildman–Crippen MR) is 62.2 cm³/mol. The molecule has 0 aliphatic heterocycles. The summed E-state index contributed by atoms with van der Waals surface area (Å²) in [7, 11) is -3.64. The van der Waals surface area contributed by atoms with Crippen molar-refractivity contribution in [2.45, 2.75) is 18.2 Å². The highest BCUT2D eigenvalue weighted by Gasteiger charge is 2.09. The lowest BCUT2D eigenvalue weighted by atomic mass is 10.4. The molecule has 0 amide bonds. The highest BCUT2D eigenvalue weighted by Crippen LogP contribution is 2.13. The Labute approximate surface area is 99.2 Å². The molecule has 0 heterocycles. The zero-order valence-electron chi connectivity index (χ0n) is 9.23. The molecule has 0 aliphatic carbocycles. The summed E-state index contributed by atoms with van der Waals surface area (Å²) in [5.41, 5.74) is 0. The molecule has 17 heavy (non-hydrogen) atoms. The molecule has 0 saturated carbocycles. The second-order valence-corrected chi connectivity index (χ2v) is 5.13. The molecule has 0 saturated heterocycles. The lowest BCUT2D eigenvalue weighted by Crippen LogP contribution is -1.95. The fraction of sp³-hybridized carbons (Fsp3) is 0.167. The average Bonchev–Trinajstić information content (AvgIpc) is 2.29. The first-order valence-electron chi connectivity index (χ1n) is 4.99. The van der Waals surface area contributed by atoms with Gasteiger partial charge in [-0.2, -0.15) is 0 Å². The van der Waals surface area contributed by atoms with Crippen molar-refractivity contribution in [3.8, 4) is 0 Å². The third kappa shape index (κ3) is 4.11. The van der Waals surface area contributed by atoms with E-state index in [4.69, 9.17) is 0 Å². The van der Waals surface area contributed by atoms with Gasteiger partial charge in [0.1, 0.15) is 5.82 Å². The van der Waals surface area contributed by atoms with Gasteiger partial charge in [-0.25, -0.2) is 17.2 Å². The van der Waals surface area contributed by atoms with E-state index in [0.29, 0.717) is 0 Å². The minimum absolute atomic E-state index is 0.0274. The Morgan fingerprint density at radius 3 is 2.41 bits per heavy atom. The zero-order chi connectivity index (χ0) is 12.9. The standard InChI is InChI=1S/C12H12F2O2S/c1-2-10(13)4-3-9-17(15,16)12-7-5-11(14)6-8-12/h3-9H,2H2,1H3/b9-3+,10-4+. The first-order chi connectivity index (χ1) is 7.95. The Morgan fingerprint density at radius 1 is 1.29 bits per heavy atom. The molecule has 0 aliphatic rings. The maximum atomic E-state index is 12.7. The van der Waals surface area contributed by atoms with Crippen molar-refractivity contribution >= 4 is 9.84 Å². The van der Waals surface area contributed by atoms with Crippen molar-refractivity contribution in [1.29, 1.82) is 0 Å². The van der Waals surface area contributed by atoms with Gasteiger partial charge in [-0.05, 0) is 42.8 Å². The number of hydrogen-bond acceptors (Lipinski definition) is 2. The van der Waals surface area contributed by atoms with Gasteiger partial charge in [-0.3, -0.25) is 0 Å². The van der Waals surface area contributed by atoms with E-state index in [1.54, 1.807) is 6.92 Å². The van der Waals surface area contributed by atoms with Gasteiger partial charge in [0.2, 0.25) is 0 Å². The molecule has 1 rings (SSSR count). The summed E-state index contributed by atoms with van der Waals surface area (Å²) in [6.45, 7) is 1.62. The molecule has 0 N–H and O–H groups in total. The van der Waals surface area contributed by atoms with Crippen molar-refractivity contribution in [2.24, 2.45) is 0 Å². The Kier molecular flexibility index (Phi) is 4.57. The molecule has 0 fully saturated rings. The van der Waals surface area contributed by atoms with Gasteiger partial charge in [0.05, 0.1) is 10.7 Å². The largest absolute Gasteiger partial charge is 0.219 e. The van der Waals surface area contributed by atoms with Gasteiger partial charge in [0.25, 0.3) is 0 Å². The molecule has 0 radical (unpaired) electrons. The summed E-state index contributed by atoms with van der Waals surface area (Å²) in [6.07, 6.45) is 2.42. The van der Waals surface area contributed by atoms with Crippen LogP contribution in [0.5, 0.6) is 0 Å². The Morgan fingerprint density at radius 2 is 1.88 bits per heavy atom. The van der Waals surface area contributed by atoms with Crippen LogP contribution in [0.1, 0.15) is 13.3 Å². The number of benzene rings is 1. The van der Waals surface area contributed by atoms with Crippen LogP contribution in [0.3, 0.4) is 0 Å². The lowest BCUT2D eigenvalue weighted by Gasteiger charge is -1.97. The fourth-order valence-electron chi connectivity index (χ4n) is 1.07. The summed E-state index contributed by atoms with van der Waals surface area (Å²) in [5.74, 6) is -0.916. The zero-order valence-corrected chi connectivity index (χ0v) is 10.0. The Bertz CT molecular complexity index is 528. The van der Waals surface area contributed by atoms with E-state index in [-0.39, 0.29) is 11.3 Å². The maximum Gasteiger partial charge on any atom is 0.199 e. The predicted octanol–water partition coefficient (Wildman–Crippen LogP) is 3.38. The van der Waals surface area contributed by atoms with Crippen molar-refractivity contribution in [3.05, 3.63) is 53.5 Å². The van der Waals surface area contributed by atoms with Gasteiger partial charge >= 0.3 is 0 Å². The first-order valence-corrected chi connectivity index (χ1v) is 6.53. The van der Waals surface area contributed by atoms with Crippen LogP contribution in [0.2, 0.25) is 0 Å². The van der Waals surface area contributed by atoms with Crippen molar-refractivity contribution in [1.82, 2.24) is 0 Å². The third-order valence-corrected chi connectivity index (χ3v) is 3.46. The minimum Gasteiger partial charge on any atom is -0.219 e. The van der Waals surface area contributed by atoms with E-state index in [2.05, 4.69) is 0 Å². The second-order valence-electron chi connectivity index (χ2n) is 3.29. The summed E-state index contributed by atoms with van der Waals surface area (Å²) < 4.78 is 48.6. The van der Waals surface area contributed by atoms with Crippen molar-refractivity contribution < 1.29 is 17.2 Å². The summed E-state index contributed by atoms with van der Waals surface area (Å²) in [5, 5.41) is 0.884. The van der Waals surface area contributed by atoms with E-state index < -0.39 is 21.5 Å². The SMILES string of the molecule is CC/C(F)=C\C=C\S(=O)(=O)c1ccc(F)cc1. The normalized spacial score (nSPS) is 13.2. The number of halogens is 2. The van der Waals surface area contributed by atoms with Crippen LogP contribution in [0.15, 0.2) is 52.5 Å². The van der Waals surface area contributed by atoms with E-state index in [1.165, 1.54) is 0 Å². The van der Waals surface area contributed by atoms with Crippen LogP contribution in [-0.2, 0) is 9.84 Å². The molecule has 0 aromatic heterocycles. The van der Waals surface area contributed by atoms with Gasteiger partial charge in [0.15, 0.2) is 9.84 Å². The van der Waals surface area contributed by atoms with Gasteiger partial charge in [0, 0.05) is 5.41 Å². The quantitative estimate of drug-likeness (QED) is 0.613. The van der Waals surface area contributed by atoms with Crippen molar-refractivity contribution in [3.63, 3.8) is 0 Å². The number of allylic oxidation sites excluding steroid dienone is 3. The van der Waals surface area contributed by atoms with Crippen LogP contribution >= 0.6 is 0 Å². The molecule has 0 atom stereocenters. The molecule has 0 unspecified atom stereocenters. The van der Waals surface area contributed by atoms with Gasteiger partial charge in [-0.1, -0.05) is 6.92 Å². The average molecular weight is 258 g/mol. The lowest BCUT2D eigenvalue weighted by molar-refractivity contribution is 0.602. The molecule has 0 bridgehead atoms. The first kappa shape index (κ1) is 13.6. The Hall–Kier alpha value is -1.49. The molecule has 1 aromatic rings. The summed E-state index contributed by atoms with van der Waals surface area (Å²) in [4.78, 5) is -0.0274. The van der Waals surface area contributed by atoms with E-state index in [9.17, 15) is 17.2 Å². The molecule has 5 heteroatoms. The molecular weight excluding hydrogens is 246 g/mol. The van der Waals surface area contributed by atoms with Crippen LogP contribution in [0.25, 0.3) is 0 Å². The summed E-state index contributed by atoms with van der Waals surface area (Å²) >= 11 is 0. The van der Waals surface area contributed by atoms with Crippen LogP contribution in [0.4, 0.5) is 8.78 Å². The van der Waals surface area contributed by atoms with Crippen molar-refractivity contribution in [2.75, 3.05) is 0 Å². The molecular formula is C12H12F2O2S. The molecule has 1 aromatic carbocycles. The Balaban J connectivity index is 2.93. The van der Waals surface area contributed by atoms with E-state index in [1.807, 2.05) is 0 Å². The van der Waals surface area contributed by atoms with Crippen LogP contribution in [-0.4, -0.2) is 8.42 Å². The molecule has 0 spiro atoms. The number of sulfone groups is 1. The molecule has 92 valence electrons. The molecule has 2 nitrogen and oxygen atoms in total. The monoisotopic (exact) mass is 258 g/mol. The van der Waals surface area contributed by atoms with Crippen LogP contribution < -0.4 is 0 Å².